The molecular weight excluding hydrogens is 226 g/mol. The first-order valence-electron chi connectivity index (χ1n) is 4.87. The Bertz CT molecular complexity index is 324. The molecule has 0 bridgehead atoms. The van der Waals surface area contributed by atoms with E-state index in [1.165, 1.54) is 0 Å². The van der Waals surface area contributed by atoms with Gasteiger partial charge in [-0.2, -0.15) is 0 Å². The van der Waals surface area contributed by atoms with Gasteiger partial charge in [0, 0.05) is 16.0 Å². The number of nitrogens with zero attached hydrogens (tertiary/aromatic N) is 1. The first-order valence-corrected chi connectivity index (χ1v) is 6.23. The number of thioether (sulfide) groups is 1. The highest BCUT2D eigenvalue weighted by Gasteiger charge is 2.08. The highest BCUT2D eigenvalue weighted by atomic mass is 35.5. The minimum Gasteiger partial charge on any atom is -0.282 e. The first kappa shape index (κ1) is 12.6. The molecule has 1 aromatic carbocycles. The van der Waals surface area contributed by atoms with E-state index in [-0.39, 0.29) is 4.75 Å². The number of halogens is 1. The second kappa shape index (κ2) is 5.57. The molecule has 1 rings (SSSR count). The van der Waals surface area contributed by atoms with Crippen LogP contribution in [-0.2, 0) is 0 Å². The zero-order valence-corrected chi connectivity index (χ0v) is 10.9. The van der Waals surface area contributed by atoms with Crippen LogP contribution in [0.3, 0.4) is 0 Å². The highest BCUT2D eigenvalue weighted by molar-refractivity contribution is 8.00. The van der Waals surface area contributed by atoms with Crippen molar-refractivity contribution < 1.29 is 0 Å². The van der Waals surface area contributed by atoms with E-state index in [1.807, 2.05) is 42.2 Å². The smallest absolute Gasteiger partial charge is 0.0849 e. The van der Waals surface area contributed by atoms with Crippen LogP contribution in [0.2, 0.25) is 5.02 Å². The van der Waals surface area contributed by atoms with Gasteiger partial charge in [-0.05, 0) is 17.7 Å². The Kier molecular flexibility index (Phi) is 4.68. The fraction of sp³-hybridized carbons (Fsp3) is 0.417. The van der Waals surface area contributed by atoms with E-state index in [4.69, 9.17) is 11.6 Å². The van der Waals surface area contributed by atoms with Gasteiger partial charge >= 0.3 is 0 Å². The van der Waals surface area contributed by atoms with Gasteiger partial charge in [0.2, 0.25) is 0 Å². The van der Waals surface area contributed by atoms with Gasteiger partial charge in [-0.25, -0.2) is 0 Å². The predicted molar refractivity (Wildman–Crippen MR) is 71.3 cm³/mol. The van der Waals surface area contributed by atoms with Crippen molar-refractivity contribution >= 4 is 29.6 Å². The molecule has 15 heavy (non-hydrogen) atoms. The van der Waals surface area contributed by atoms with Crippen LogP contribution < -0.4 is 0 Å². The molecule has 1 nitrogen and oxygen atoms in total. The average molecular weight is 242 g/mol. The van der Waals surface area contributed by atoms with Crippen molar-refractivity contribution in [2.45, 2.75) is 25.5 Å². The van der Waals surface area contributed by atoms with Crippen molar-refractivity contribution in [2.75, 3.05) is 5.88 Å². The molecule has 0 atom stereocenters. The van der Waals surface area contributed by atoms with E-state index in [1.54, 1.807) is 0 Å². The summed E-state index contributed by atoms with van der Waals surface area (Å²) in [6, 6.07) is 7.68. The standard InChI is InChI=1S/C12H16ClNS/c1-12(2,3)15-9-14-8-10-4-6-11(13)7-5-10/h4-8H,9H2,1-3H3/b14-8-. The Hall–Kier alpha value is -0.470. The van der Waals surface area contributed by atoms with Crippen molar-refractivity contribution in [3.05, 3.63) is 34.9 Å². The van der Waals surface area contributed by atoms with Crippen LogP contribution >= 0.6 is 23.4 Å². The summed E-state index contributed by atoms with van der Waals surface area (Å²) in [6.07, 6.45) is 1.88. The molecule has 0 aliphatic carbocycles. The molecule has 0 aliphatic heterocycles. The van der Waals surface area contributed by atoms with Crippen LogP contribution in [-0.4, -0.2) is 16.8 Å². The molecular formula is C12H16ClNS. The maximum atomic E-state index is 5.78. The summed E-state index contributed by atoms with van der Waals surface area (Å²) in [7, 11) is 0. The van der Waals surface area contributed by atoms with Gasteiger partial charge in [0.15, 0.2) is 0 Å². The van der Waals surface area contributed by atoms with E-state index in [9.17, 15) is 0 Å². The molecule has 0 heterocycles. The molecule has 0 radical (unpaired) electrons. The first-order chi connectivity index (χ1) is 6.97. The summed E-state index contributed by atoms with van der Waals surface area (Å²) in [5.41, 5.74) is 1.09. The summed E-state index contributed by atoms with van der Waals surface area (Å²) in [5.74, 6) is 0.798. The maximum absolute atomic E-state index is 5.78. The third-order valence-corrected chi connectivity index (χ3v) is 3.08. The SMILES string of the molecule is CC(C)(C)SC/N=C\c1ccc(Cl)cc1. The van der Waals surface area contributed by atoms with Gasteiger partial charge in [-0.15, -0.1) is 11.8 Å². The number of hydrogen-bond acceptors (Lipinski definition) is 2. The molecule has 0 fully saturated rings. The van der Waals surface area contributed by atoms with Crippen molar-refractivity contribution in [2.24, 2.45) is 4.99 Å². The molecule has 0 saturated carbocycles. The minimum absolute atomic E-state index is 0.275. The van der Waals surface area contributed by atoms with Gasteiger partial charge in [-0.3, -0.25) is 4.99 Å². The fourth-order valence-electron chi connectivity index (χ4n) is 0.922. The average Bonchev–Trinajstić information content (AvgIpc) is 2.14. The van der Waals surface area contributed by atoms with E-state index in [0.717, 1.165) is 16.5 Å². The van der Waals surface area contributed by atoms with Gasteiger partial charge < -0.3 is 0 Å². The zero-order chi connectivity index (χ0) is 11.3. The van der Waals surface area contributed by atoms with Crippen LogP contribution in [0.5, 0.6) is 0 Å². The van der Waals surface area contributed by atoms with Crippen LogP contribution in [0.4, 0.5) is 0 Å². The molecule has 0 aliphatic rings. The molecule has 0 spiro atoms. The molecule has 0 amide bonds. The molecule has 0 saturated heterocycles. The van der Waals surface area contributed by atoms with Crippen molar-refractivity contribution in [3.8, 4) is 0 Å². The topological polar surface area (TPSA) is 12.4 Å². The Morgan fingerprint density at radius 1 is 1.27 bits per heavy atom. The molecule has 3 heteroatoms. The Morgan fingerprint density at radius 3 is 2.40 bits per heavy atom. The lowest BCUT2D eigenvalue weighted by Crippen LogP contribution is -2.07. The molecule has 0 unspecified atom stereocenters. The maximum Gasteiger partial charge on any atom is 0.0849 e. The van der Waals surface area contributed by atoms with Crippen LogP contribution in [0, 0.1) is 0 Å². The minimum atomic E-state index is 0.275. The predicted octanol–water partition coefficient (Wildman–Crippen LogP) is 4.25. The third-order valence-electron chi connectivity index (χ3n) is 1.68. The normalized spacial score (nSPS) is 12.3. The van der Waals surface area contributed by atoms with Gasteiger partial charge in [0.05, 0.1) is 5.88 Å². The quantitative estimate of drug-likeness (QED) is 0.721. The number of rotatable bonds is 3. The van der Waals surface area contributed by atoms with Crippen molar-refractivity contribution in [1.29, 1.82) is 0 Å². The van der Waals surface area contributed by atoms with Crippen LogP contribution in [0.15, 0.2) is 29.3 Å². The van der Waals surface area contributed by atoms with E-state index in [2.05, 4.69) is 25.8 Å². The van der Waals surface area contributed by atoms with E-state index < -0.39 is 0 Å². The summed E-state index contributed by atoms with van der Waals surface area (Å²) < 4.78 is 0.275. The third kappa shape index (κ3) is 5.85. The lowest BCUT2D eigenvalue weighted by molar-refractivity contribution is 0.803. The second-order valence-electron chi connectivity index (χ2n) is 4.25. The lowest BCUT2D eigenvalue weighted by atomic mass is 10.2. The molecule has 1 aromatic rings. The monoisotopic (exact) mass is 241 g/mol. The Morgan fingerprint density at radius 2 is 1.87 bits per heavy atom. The fourth-order valence-corrected chi connectivity index (χ4v) is 1.58. The summed E-state index contributed by atoms with van der Waals surface area (Å²) >= 11 is 7.62. The summed E-state index contributed by atoms with van der Waals surface area (Å²) in [4.78, 5) is 4.35. The molecule has 0 aromatic heterocycles. The summed E-state index contributed by atoms with van der Waals surface area (Å²) in [5, 5.41) is 0.760. The lowest BCUT2D eigenvalue weighted by Gasteiger charge is -2.15. The van der Waals surface area contributed by atoms with Gasteiger partial charge in [-0.1, -0.05) is 44.5 Å². The Balaban J connectivity index is 2.42. The van der Waals surface area contributed by atoms with Crippen LogP contribution in [0.25, 0.3) is 0 Å². The summed E-state index contributed by atoms with van der Waals surface area (Å²) in [6.45, 7) is 6.57. The van der Waals surface area contributed by atoms with E-state index in [0.29, 0.717) is 0 Å². The highest BCUT2D eigenvalue weighted by Crippen LogP contribution is 2.22. The van der Waals surface area contributed by atoms with Crippen molar-refractivity contribution in [3.63, 3.8) is 0 Å². The van der Waals surface area contributed by atoms with Gasteiger partial charge in [0.1, 0.15) is 0 Å². The largest absolute Gasteiger partial charge is 0.282 e. The number of aliphatic imine (C=N–C) groups is 1. The van der Waals surface area contributed by atoms with Crippen LogP contribution in [0.1, 0.15) is 26.3 Å². The number of benzene rings is 1. The number of hydrogen-bond donors (Lipinski definition) is 0. The second-order valence-corrected chi connectivity index (χ2v) is 6.46. The van der Waals surface area contributed by atoms with E-state index >= 15 is 0 Å². The molecule has 0 N–H and O–H groups in total. The Labute approximate surface area is 101 Å². The zero-order valence-electron chi connectivity index (χ0n) is 9.33. The van der Waals surface area contributed by atoms with Gasteiger partial charge in [0.25, 0.3) is 0 Å². The molecule has 82 valence electrons. The van der Waals surface area contributed by atoms with Crippen molar-refractivity contribution in [1.82, 2.24) is 0 Å².